The highest BCUT2D eigenvalue weighted by atomic mass is 15.4. The molecule has 0 saturated heterocycles. The standard InChI is InChI=1S/C10H13N5/c1-8-2-3-9(6-12-8)10-7-15(5-4-11)14-13-10/h2-3,6-7H,4-5,11H2,1H3. The van der Waals surface area contributed by atoms with E-state index in [4.69, 9.17) is 5.73 Å². The van der Waals surface area contributed by atoms with Gasteiger partial charge < -0.3 is 5.73 Å². The Morgan fingerprint density at radius 2 is 2.27 bits per heavy atom. The number of hydrogen-bond donors (Lipinski definition) is 1. The molecule has 0 radical (unpaired) electrons. The molecule has 0 aliphatic carbocycles. The van der Waals surface area contributed by atoms with Crippen molar-refractivity contribution in [3.8, 4) is 11.3 Å². The van der Waals surface area contributed by atoms with Crippen molar-refractivity contribution in [2.45, 2.75) is 13.5 Å². The number of nitrogens with two attached hydrogens (primary N) is 1. The average Bonchev–Trinajstić information content (AvgIpc) is 2.68. The van der Waals surface area contributed by atoms with Crippen LogP contribution in [0.25, 0.3) is 11.3 Å². The SMILES string of the molecule is Cc1ccc(-c2cn(CCN)nn2)cn1. The number of aromatic nitrogens is 4. The van der Waals surface area contributed by atoms with Gasteiger partial charge in [0.05, 0.1) is 12.7 Å². The number of aryl methyl sites for hydroxylation is 1. The first-order valence-corrected chi connectivity index (χ1v) is 4.83. The summed E-state index contributed by atoms with van der Waals surface area (Å²) in [5, 5.41) is 8.02. The minimum absolute atomic E-state index is 0.564. The Morgan fingerprint density at radius 1 is 1.40 bits per heavy atom. The van der Waals surface area contributed by atoms with E-state index < -0.39 is 0 Å². The maximum absolute atomic E-state index is 5.43. The van der Waals surface area contributed by atoms with Crippen LogP contribution in [0.15, 0.2) is 24.5 Å². The number of nitrogens with zero attached hydrogens (tertiary/aromatic N) is 4. The molecule has 0 aliphatic rings. The van der Waals surface area contributed by atoms with Gasteiger partial charge in [0.25, 0.3) is 0 Å². The van der Waals surface area contributed by atoms with Crippen LogP contribution in [0, 0.1) is 6.92 Å². The molecule has 0 fully saturated rings. The summed E-state index contributed by atoms with van der Waals surface area (Å²) in [7, 11) is 0. The zero-order valence-corrected chi connectivity index (χ0v) is 8.59. The first-order chi connectivity index (χ1) is 7.29. The minimum atomic E-state index is 0.564. The summed E-state index contributed by atoms with van der Waals surface area (Å²) in [6, 6.07) is 3.94. The average molecular weight is 203 g/mol. The Bertz CT molecular complexity index is 431. The van der Waals surface area contributed by atoms with Gasteiger partial charge in [-0.1, -0.05) is 5.21 Å². The van der Waals surface area contributed by atoms with E-state index >= 15 is 0 Å². The molecule has 2 heterocycles. The quantitative estimate of drug-likeness (QED) is 0.793. The highest BCUT2D eigenvalue weighted by molar-refractivity contribution is 5.56. The summed E-state index contributed by atoms with van der Waals surface area (Å²) in [5.74, 6) is 0. The lowest BCUT2D eigenvalue weighted by molar-refractivity contribution is 0.598. The van der Waals surface area contributed by atoms with Crippen molar-refractivity contribution in [2.24, 2.45) is 5.73 Å². The lowest BCUT2D eigenvalue weighted by atomic mass is 10.2. The van der Waals surface area contributed by atoms with Gasteiger partial charge in [0, 0.05) is 24.0 Å². The molecule has 15 heavy (non-hydrogen) atoms. The summed E-state index contributed by atoms with van der Waals surface area (Å²) in [6.07, 6.45) is 3.67. The monoisotopic (exact) mass is 203 g/mol. The number of rotatable bonds is 3. The van der Waals surface area contributed by atoms with Crippen molar-refractivity contribution in [3.63, 3.8) is 0 Å². The number of pyridine rings is 1. The highest BCUT2D eigenvalue weighted by Crippen LogP contribution is 2.14. The van der Waals surface area contributed by atoms with Crippen LogP contribution in [0.5, 0.6) is 0 Å². The fourth-order valence-corrected chi connectivity index (χ4v) is 1.29. The normalized spacial score (nSPS) is 10.5. The molecule has 0 aromatic carbocycles. The third kappa shape index (κ3) is 2.19. The van der Waals surface area contributed by atoms with Crippen LogP contribution in [-0.2, 0) is 6.54 Å². The van der Waals surface area contributed by atoms with E-state index in [2.05, 4.69) is 15.3 Å². The van der Waals surface area contributed by atoms with Crippen molar-refractivity contribution in [2.75, 3.05) is 6.54 Å². The zero-order chi connectivity index (χ0) is 10.7. The molecule has 0 amide bonds. The maximum Gasteiger partial charge on any atom is 0.114 e. The third-order valence-corrected chi connectivity index (χ3v) is 2.10. The van der Waals surface area contributed by atoms with E-state index in [0.29, 0.717) is 13.1 Å². The number of hydrogen-bond acceptors (Lipinski definition) is 4. The van der Waals surface area contributed by atoms with Gasteiger partial charge in [-0.3, -0.25) is 9.67 Å². The Labute approximate surface area is 87.9 Å². The molecule has 0 unspecified atom stereocenters. The lowest BCUT2D eigenvalue weighted by Crippen LogP contribution is -2.10. The second kappa shape index (κ2) is 4.18. The second-order valence-corrected chi connectivity index (χ2v) is 3.34. The van der Waals surface area contributed by atoms with Gasteiger partial charge in [0.1, 0.15) is 5.69 Å². The molecule has 0 saturated carbocycles. The first kappa shape index (κ1) is 9.79. The maximum atomic E-state index is 5.43. The first-order valence-electron chi connectivity index (χ1n) is 4.83. The van der Waals surface area contributed by atoms with Crippen LogP contribution in [0.1, 0.15) is 5.69 Å². The Balaban J connectivity index is 2.25. The van der Waals surface area contributed by atoms with Crippen molar-refractivity contribution in [1.29, 1.82) is 0 Å². The van der Waals surface area contributed by atoms with Gasteiger partial charge in [0.2, 0.25) is 0 Å². The van der Waals surface area contributed by atoms with E-state index in [0.717, 1.165) is 17.0 Å². The van der Waals surface area contributed by atoms with Crippen LogP contribution in [0.2, 0.25) is 0 Å². The predicted molar refractivity (Wildman–Crippen MR) is 57.0 cm³/mol. The van der Waals surface area contributed by atoms with E-state index in [1.54, 1.807) is 10.9 Å². The summed E-state index contributed by atoms with van der Waals surface area (Å²) < 4.78 is 1.73. The van der Waals surface area contributed by atoms with E-state index in [1.807, 2.05) is 25.3 Å². The predicted octanol–water partition coefficient (Wildman–Crippen LogP) is 0.607. The fourth-order valence-electron chi connectivity index (χ4n) is 1.29. The molecule has 2 N–H and O–H groups in total. The van der Waals surface area contributed by atoms with Gasteiger partial charge in [-0.2, -0.15) is 0 Å². The molecule has 5 heteroatoms. The van der Waals surface area contributed by atoms with Crippen molar-refractivity contribution >= 4 is 0 Å². The van der Waals surface area contributed by atoms with Crippen LogP contribution in [0.4, 0.5) is 0 Å². The van der Waals surface area contributed by atoms with Crippen LogP contribution in [-0.4, -0.2) is 26.5 Å². The zero-order valence-electron chi connectivity index (χ0n) is 8.59. The molecule has 78 valence electrons. The Morgan fingerprint density at radius 3 is 2.93 bits per heavy atom. The Kier molecular flexibility index (Phi) is 2.73. The molecule has 2 aromatic rings. The topological polar surface area (TPSA) is 69.6 Å². The molecular weight excluding hydrogens is 190 g/mol. The van der Waals surface area contributed by atoms with E-state index in [9.17, 15) is 0 Å². The molecule has 0 bridgehead atoms. The van der Waals surface area contributed by atoms with E-state index in [1.165, 1.54) is 0 Å². The summed E-state index contributed by atoms with van der Waals surface area (Å²) in [4.78, 5) is 4.21. The summed E-state index contributed by atoms with van der Waals surface area (Å²) in [5.41, 5.74) is 8.23. The molecule has 0 aliphatic heterocycles. The van der Waals surface area contributed by atoms with Crippen LogP contribution in [0.3, 0.4) is 0 Å². The molecule has 2 aromatic heterocycles. The van der Waals surface area contributed by atoms with Gasteiger partial charge in [0.15, 0.2) is 0 Å². The summed E-state index contributed by atoms with van der Waals surface area (Å²) >= 11 is 0. The smallest absolute Gasteiger partial charge is 0.114 e. The highest BCUT2D eigenvalue weighted by Gasteiger charge is 2.03. The largest absolute Gasteiger partial charge is 0.329 e. The molecular formula is C10H13N5. The fraction of sp³-hybridized carbons (Fsp3) is 0.300. The molecule has 0 spiro atoms. The second-order valence-electron chi connectivity index (χ2n) is 3.34. The third-order valence-electron chi connectivity index (χ3n) is 2.10. The minimum Gasteiger partial charge on any atom is -0.329 e. The van der Waals surface area contributed by atoms with Crippen molar-refractivity contribution in [1.82, 2.24) is 20.0 Å². The van der Waals surface area contributed by atoms with E-state index in [-0.39, 0.29) is 0 Å². The van der Waals surface area contributed by atoms with Crippen LogP contribution < -0.4 is 5.73 Å². The van der Waals surface area contributed by atoms with Gasteiger partial charge in [-0.05, 0) is 19.1 Å². The van der Waals surface area contributed by atoms with Gasteiger partial charge >= 0.3 is 0 Å². The summed E-state index contributed by atoms with van der Waals surface area (Å²) in [6.45, 7) is 3.20. The van der Waals surface area contributed by atoms with Crippen molar-refractivity contribution in [3.05, 3.63) is 30.2 Å². The van der Waals surface area contributed by atoms with Crippen LogP contribution >= 0.6 is 0 Å². The molecule has 5 nitrogen and oxygen atoms in total. The molecule has 0 atom stereocenters. The van der Waals surface area contributed by atoms with Gasteiger partial charge in [-0.15, -0.1) is 5.10 Å². The van der Waals surface area contributed by atoms with Gasteiger partial charge in [-0.25, -0.2) is 0 Å². The molecule has 2 rings (SSSR count). The Hall–Kier alpha value is -1.75. The lowest BCUT2D eigenvalue weighted by Gasteiger charge is -1.95. The van der Waals surface area contributed by atoms with Crippen molar-refractivity contribution < 1.29 is 0 Å².